The van der Waals surface area contributed by atoms with Crippen LogP contribution in [0.3, 0.4) is 0 Å². The summed E-state index contributed by atoms with van der Waals surface area (Å²) in [5, 5.41) is 0. The third kappa shape index (κ3) is 4.74. The maximum Gasteiger partial charge on any atom is 0.237 e. The zero-order valence-corrected chi connectivity index (χ0v) is 12.3. The first-order valence-electron chi connectivity index (χ1n) is 6.25. The number of alkyl halides is 1. The number of halogens is 1. The van der Waals surface area contributed by atoms with Crippen molar-refractivity contribution in [1.82, 2.24) is 9.21 Å². The molecule has 1 saturated heterocycles. The van der Waals surface area contributed by atoms with Gasteiger partial charge < -0.3 is 4.90 Å². The van der Waals surface area contributed by atoms with E-state index in [0.29, 0.717) is 18.7 Å². The summed E-state index contributed by atoms with van der Waals surface area (Å²) in [7, 11) is -1.87. The van der Waals surface area contributed by atoms with E-state index < -0.39 is 10.0 Å². The first kappa shape index (κ1) is 15.7. The van der Waals surface area contributed by atoms with Gasteiger partial charge in [0.2, 0.25) is 15.9 Å². The molecule has 0 radical (unpaired) electrons. The second kappa shape index (κ2) is 7.31. The smallest absolute Gasteiger partial charge is 0.237 e. The maximum absolute atomic E-state index is 11.9. The molecule has 1 heterocycles. The topological polar surface area (TPSA) is 57.7 Å². The Morgan fingerprint density at radius 3 is 2.44 bits per heavy atom. The number of hydrogen-bond donors (Lipinski definition) is 0. The predicted octanol–water partition coefficient (Wildman–Crippen LogP) is 0.889. The molecule has 0 aromatic carbocycles. The molecule has 1 aliphatic rings. The Kier molecular flexibility index (Phi) is 6.38. The number of likely N-dealkylation sites (N-methyl/N-ethyl adjacent to an activating group) is 1. The van der Waals surface area contributed by atoms with E-state index in [9.17, 15) is 13.2 Å². The Labute approximate surface area is 114 Å². The standard InChI is InChI=1S/C11H21ClN2O3S/c1-13(18(16,17)9-5-2-6-12)10-11(15)14-7-3-4-8-14/h2-10H2,1H3. The van der Waals surface area contributed by atoms with Crippen LogP contribution >= 0.6 is 11.6 Å². The number of amides is 1. The van der Waals surface area contributed by atoms with Gasteiger partial charge in [-0.05, 0) is 25.7 Å². The lowest BCUT2D eigenvalue weighted by Gasteiger charge is -2.21. The summed E-state index contributed by atoms with van der Waals surface area (Å²) in [5.74, 6) is 0.422. The van der Waals surface area contributed by atoms with Crippen LogP contribution in [0.4, 0.5) is 0 Å². The van der Waals surface area contributed by atoms with Gasteiger partial charge in [0.1, 0.15) is 0 Å². The number of sulfonamides is 1. The molecular weight excluding hydrogens is 276 g/mol. The van der Waals surface area contributed by atoms with Gasteiger partial charge in [-0.3, -0.25) is 4.79 Å². The highest BCUT2D eigenvalue weighted by Gasteiger charge is 2.24. The first-order valence-corrected chi connectivity index (χ1v) is 8.39. The van der Waals surface area contributed by atoms with E-state index in [1.54, 1.807) is 4.90 Å². The number of hydrogen-bond acceptors (Lipinski definition) is 3. The van der Waals surface area contributed by atoms with Crippen LogP contribution in [0.5, 0.6) is 0 Å². The molecule has 106 valence electrons. The number of carbonyl (C=O) groups excluding carboxylic acids is 1. The average Bonchev–Trinajstić information content (AvgIpc) is 2.82. The lowest BCUT2D eigenvalue weighted by atomic mass is 10.4. The maximum atomic E-state index is 11.9. The highest BCUT2D eigenvalue weighted by atomic mass is 35.5. The largest absolute Gasteiger partial charge is 0.342 e. The van der Waals surface area contributed by atoms with Crippen molar-refractivity contribution in [1.29, 1.82) is 0 Å². The van der Waals surface area contributed by atoms with Crippen LogP contribution in [0.1, 0.15) is 25.7 Å². The van der Waals surface area contributed by atoms with E-state index in [4.69, 9.17) is 11.6 Å². The van der Waals surface area contributed by atoms with Crippen molar-refractivity contribution >= 4 is 27.5 Å². The second-order valence-electron chi connectivity index (χ2n) is 4.56. The minimum absolute atomic E-state index is 0.0524. The number of likely N-dealkylation sites (tertiary alicyclic amines) is 1. The lowest BCUT2D eigenvalue weighted by molar-refractivity contribution is -0.130. The van der Waals surface area contributed by atoms with E-state index in [-0.39, 0.29) is 18.2 Å². The zero-order valence-electron chi connectivity index (χ0n) is 10.8. The molecular formula is C11H21ClN2O3S. The van der Waals surface area contributed by atoms with Gasteiger partial charge in [0, 0.05) is 26.0 Å². The van der Waals surface area contributed by atoms with Crippen LogP contribution in [-0.2, 0) is 14.8 Å². The van der Waals surface area contributed by atoms with Gasteiger partial charge in [-0.1, -0.05) is 0 Å². The van der Waals surface area contributed by atoms with Crippen molar-refractivity contribution in [2.45, 2.75) is 25.7 Å². The monoisotopic (exact) mass is 296 g/mol. The van der Waals surface area contributed by atoms with Gasteiger partial charge in [-0.25, -0.2) is 8.42 Å². The van der Waals surface area contributed by atoms with Crippen molar-refractivity contribution in [2.75, 3.05) is 38.3 Å². The van der Waals surface area contributed by atoms with Gasteiger partial charge in [0.25, 0.3) is 0 Å². The molecule has 0 saturated carbocycles. The molecule has 1 fully saturated rings. The van der Waals surface area contributed by atoms with Crippen LogP contribution in [0.2, 0.25) is 0 Å². The summed E-state index contributed by atoms with van der Waals surface area (Å²) >= 11 is 5.51. The highest BCUT2D eigenvalue weighted by Crippen LogP contribution is 2.09. The summed E-state index contributed by atoms with van der Waals surface area (Å²) in [6, 6.07) is 0. The quantitative estimate of drug-likeness (QED) is 0.518. The van der Waals surface area contributed by atoms with Gasteiger partial charge >= 0.3 is 0 Å². The molecule has 1 amide bonds. The summed E-state index contributed by atoms with van der Waals surface area (Å²) in [6.45, 7) is 1.45. The molecule has 0 atom stereocenters. The third-order valence-electron chi connectivity index (χ3n) is 3.08. The Morgan fingerprint density at radius 1 is 1.28 bits per heavy atom. The van der Waals surface area contributed by atoms with Crippen molar-refractivity contribution in [3.8, 4) is 0 Å². The van der Waals surface area contributed by atoms with E-state index in [1.165, 1.54) is 7.05 Å². The van der Waals surface area contributed by atoms with Gasteiger partial charge in [-0.15, -0.1) is 11.6 Å². The summed E-state index contributed by atoms with van der Waals surface area (Å²) in [4.78, 5) is 13.6. The average molecular weight is 297 g/mol. The summed E-state index contributed by atoms with van der Waals surface area (Å²) in [5.41, 5.74) is 0. The second-order valence-corrected chi connectivity index (χ2v) is 7.13. The summed E-state index contributed by atoms with van der Waals surface area (Å²) in [6.07, 6.45) is 3.23. The van der Waals surface area contributed by atoms with Crippen LogP contribution in [0.15, 0.2) is 0 Å². The van der Waals surface area contributed by atoms with Gasteiger partial charge in [0.05, 0.1) is 12.3 Å². The van der Waals surface area contributed by atoms with Crippen molar-refractivity contribution < 1.29 is 13.2 Å². The number of unbranched alkanes of at least 4 members (excludes halogenated alkanes) is 1. The Balaban J connectivity index is 2.42. The SMILES string of the molecule is CN(CC(=O)N1CCCC1)S(=O)(=O)CCCCCl. The Bertz CT molecular complexity index is 366. The van der Waals surface area contributed by atoms with Crippen LogP contribution < -0.4 is 0 Å². The molecule has 0 aliphatic carbocycles. The van der Waals surface area contributed by atoms with Crippen LogP contribution in [0, 0.1) is 0 Å². The van der Waals surface area contributed by atoms with E-state index >= 15 is 0 Å². The van der Waals surface area contributed by atoms with E-state index in [0.717, 1.165) is 30.2 Å². The van der Waals surface area contributed by atoms with Crippen molar-refractivity contribution in [3.63, 3.8) is 0 Å². The number of rotatable bonds is 7. The highest BCUT2D eigenvalue weighted by molar-refractivity contribution is 7.89. The zero-order chi connectivity index (χ0) is 13.6. The molecule has 18 heavy (non-hydrogen) atoms. The minimum atomic E-state index is -3.33. The molecule has 0 N–H and O–H groups in total. The molecule has 0 aromatic heterocycles. The molecule has 7 heteroatoms. The molecule has 5 nitrogen and oxygen atoms in total. The van der Waals surface area contributed by atoms with E-state index in [2.05, 4.69) is 0 Å². The lowest BCUT2D eigenvalue weighted by Crippen LogP contribution is -2.40. The number of nitrogens with zero attached hydrogens (tertiary/aromatic N) is 2. The fourth-order valence-electron chi connectivity index (χ4n) is 1.89. The van der Waals surface area contributed by atoms with Crippen molar-refractivity contribution in [3.05, 3.63) is 0 Å². The summed E-state index contributed by atoms with van der Waals surface area (Å²) < 4.78 is 24.9. The minimum Gasteiger partial charge on any atom is -0.342 e. The Morgan fingerprint density at radius 2 is 1.89 bits per heavy atom. The van der Waals surface area contributed by atoms with Crippen LogP contribution in [-0.4, -0.2) is 61.8 Å². The normalized spacial score (nSPS) is 16.5. The fourth-order valence-corrected chi connectivity index (χ4v) is 3.27. The third-order valence-corrected chi connectivity index (χ3v) is 5.23. The molecule has 1 rings (SSSR count). The molecule has 0 spiro atoms. The van der Waals surface area contributed by atoms with Gasteiger partial charge in [0.15, 0.2) is 0 Å². The molecule has 0 unspecified atom stereocenters. The molecule has 0 aromatic rings. The first-order chi connectivity index (χ1) is 8.47. The van der Waals surface area contributed by atoms with Gasteiger partial charge in [-0.2, -0.15) is 4.31 Å². The molecule has 1 aliphatic heterocycles. The fraction of sp³-hybridized carbons (Fsp3) is 0.909. The van der Waals surface area contributed by atoms with E-state index in [1.807, 2.05) is 0 Å². The van der Waals surface area contributed by atoms with Crippen LogP contribution in [0.25, 0.3) is 0 Å². The predicted molar refractivity (Wildman–Crippen MR) is 72.2 cm³/mol. The molecule has 0 bridgehead atoms. The number of carbonyl (C=O) groups is 1. The Hall–Kier alpha value is -0.330. The van der Waals surface area contributed by atoms with Crippen molar-refractivity contribution in [2.24, 2.45) is 0 Å².